The summed E-state index contributed by atoms with van der Waals surface area (Å²) in [7, 11) is 0. The molecule has 4 nitrogen and oxygen atoms in total. The molecule has 0 radical (unpaired) electrons. The van der Waals surface area contributed by atoms with Crippen molar-refractivity contribution in [3.8, 4) is 11.1 Å². The van der Waals surface area contributed by atoms with Crippen molar-refractivity contribution >= 4 is 28.8 Å². The summed E-state index contributed by atoms with van der Waals surface area (Å²) in [4.78, 5) is 15.5. The van der Waals surface area contributed by atoms with E-state index in [1.807, 2.05) is 36.2 Å². The summed E-state index contributed by atoms with van der Waals surface area (Å²) in [5.74, 6) is 1.24. The van der Waals surface area contributed by atoms with E-state index in [1.165, 1.54) is 18.4 Å². The van der Waals surface area contributed by atoms with Crippen LogP contribution < -0.4 is 5.73 Å². The number of nitrogens with two attached hydrogens (primary N) is 1. The largest absolute Gasteiger partial charge is 0.366 e. The molecule has 1 saturated heterocycles. The van der Waals surface area contributed by atoms with Crippen molar-refractivity contribution in [2.24, 2.45) is 5.73 Å². The predicted molar refractivity (Wildman–Crippen MR) is 119 cm³/mol. The van der Waals surface area contributed by atoms with Crippen LogP contribution in [0.5, 0.6) is 0 Å². The van der Waals surface area contributed by atoms with Gasteiger partial charge < -0.3 is 10.7 Å². The fourth-order valence-electron chi connectivity index (χ4n) is 4.27. The Morgan fingerprint density at radius 2 is 2.00 bits per heavy atom. The number of hydrogen-bond donors (Lipinski definition) is 2. The number of fused-ring (bicyclic) bond motifs is 1. The molecule has 3 aromatic rings. The van der Waals surface area contributed by atoms with Gasteiger partial charge in [-0.1, -0.05) is 49.2 Å². The first kappa shape index (κ1) is 19.1. The summed E-state index contributed by atoms with van der Waals surface area (Å²) in [6.07, 6.45) is 5.61. The van der Waals surface area contributed by atoms with E-state index in [0.717, 1.165) is 47.3 Å². The van der Waals surface area contributed by atoms with Crippen LogP contribution in [-0.4, -0.2) is 34.0 Å². The first-order chi connectivity index (χ1) is 13.7. The van der Waals surface area contributed by atoms with Gasteiger partial charge in [-0.05, 0) is 54.0 Å². The van der Waals surface area contributed by atoms with Gasteiger partial charge in [0.05, 0.1) is 11.1 Å². The minimum Gasteiger partial charge on any atom is -0.366 e. The quantitative estimate of drug-likeness (QED) is 0.588. The first-order valence-corrected chi connectivity index (χ1v) is 11.0. The smallest absolute Gasteiger partial charge is 0.250 e. The van der Waals surface area contributed by atoms with Crippen LogP contribution in [0.4, 0.5) is 0 Å². The Morgan fingerprint density at radius 3 is 2.75 bits per heavy atom. The number of rotatable bonds is 5. The van der Waals surface area contributed by atoms with Crippen LogP contribution in [0.1, 0.15) is 48.0 Å². The topological polar surface area (TPSA) is 62.1 Å². The summed E-state index contributed by atoms with van der Waals surface area (Å²) in [5.41, 5.74) is 10.6. The number of primary amides is 1. The van der Waals surface area contributed by atoms with Crippen molar-refractivity contribution < 1.29 is 4.79 Å². The van der Waals surface area contributed by atoms with Gasteiger partial charge in [0.2, 0.25) is 0 Å². The lowest BCUT2D eigenvalue weighted by molar-refractivity contribution is 0.100. The highest BCUT2D eigenvalue weighted by atomic mass is 32.2. The van der Waals surface area contributed by atoms with E-state index >= 15 is 0 Å². The number of amides is 1. The number of nitrogens with zero attached hydrogens (tertiary/aromatic N) is 1. The zero-order valence-electron chi connectivity index (χ0n) is 16.3. The molecule has 3 N–H and O–H groups in total. The molecule has 146 valence electrons. The highest BCUT2D eigenvalue weighted by Crippen LogP contribution is 2.37. The van der Waals surface area contributed by atoms with Gasteiger partial charge in [-0.15, -0.1) is 0 Å². The van der Waals surface area contributed by atoms with Gasteiger partial charge in [-0.3, -0.25) is 9.10 Å². The number of aromatic nitrogens is 1. The average Bonchev–Trinajstić information content (AvgIpc) is 3.00. The van der Waals surface area contributed by atoms with Crippen molar-refractivity contribution in [3.05, 3.63) is 59.8 Å². The van der Waals surface area contributed by atoms with Crippen molar-refractivity contribution in [2.75, 3.05) is 18.8 Å². The third kappa shape index (κ3) is 3.82. The van der Waals surface area contributed by atoms with Gasteiger partial charge in [-0.25, -0.2) is 0 Å². The normalized spacial score (nSPS) is 18.2. The van der Waals surface area contributed by atoms with E-state index in [0.29, 0.717) is 11.5 Å². The van der Waals surface area contributed by atoms with Gasteiger partial charge in [0, 0.05) is 30.4 Å². The van der Waals surface area contributed by atoms with E-state index in [4.69, 9.17) is 5.73 Å². The van der Waals surface area contributed by atoms with E-state index in [2.05, 4.69) is 40.6 Å². The summed E-state index contributed by atoms with van der Waals surface area (Å²) in [5, 5.41) is 1.14. The second-order valence-corrected chi connectivity index (χ2v) is 8.75. The summed E-state index contributed by atoms with van der Waals surface area (Å²) in [6, 6.07) is 14.3. The monoisotopic (exact) mass is 393 g/mol. The van der Waals surface area contributed by atoms with Crippen molar-refractivity contribution in [3.63, 3.8) is 0 Å². The van der Waals surface area contributed by atoms with Crippen molar-refractivity contribution in [1.82, 2.24) is 9.29 Å². The molecule has 1 aromatic heterocycles. The highest BCUT2D eigenvalue weighted by molar-refractivity contribution is 7.96. The summed E-state index contributed by atoms with van der Waals surface area (Å²) in [6.45, 7) is 4.47. The van der Waals surface area contributed by atoms with Crippen LogP contribution in [0.25, 0.3) is 22.0 Å². The number of benzene rings is 2. The molecule has 1 amide bonds. The maximum atomic E-state index is 12.1. The second-order valence-electron chi connectivity index (χ2n) is 7.40. The molecule has 1 atom stereocenters. The zero-order chi connectivity index (χ0) is 19.5. The van der Waals surface area contributed by atoms with Crippen LogP contribution in [-0.2, 0) is 0 Å². The Bertz CT molecular complexity index is 967. The summed E-state index contributed by atoms with van der Waals surface area (Å²) >= 11 is 1.94. The Labute approximate surface area is 170 Å². The molecule has 1 unspecified atom stereocenters. The minimum absolute atomic E-state index is 0.387. The molecule has 1 aliphatic heterocycles. The Hall–Kier alpha value is -2.24. The lowest BCUT2D eigenvalue weighted by Crippen LogP contribution is -2.16. The SMILES string of the molecule is CCSN1CCCC(c2c[nH]c3c(C(N)=O)cc(-c4ccccc4)cc23)CC1. The van der Waals surface area contributed by atoms with Gasteiger partial charge in [0.25, 0.3) is 5.91 Å². The molecule has 0 saturated carbocycles. The number of carbonyl (C=O) groups excluding carboxylic acids is 1. The van der Waals surface area contributed by atoms with Gasteiger partial charge in [0.15, 0.2) is 0 Å². The highest BCUT2D eigenvalue weighted by Gasteiger charge is 2.23. The second kappa shape index (κ2) is 8.41. The van der Waals surface area contributed by atoms with Crippen LogP contribution in [0.2, 0.25) is 0 Å². The lowest BCUT2D eigenvalue weighted by Gasteiger charge is -2.18. The van der Waals surface area contributed by atoms with Gasteiger partial charge >= 0.3 is 0 Å². The standard InChI is InChI=1S/C23H27N3OS/c1-2-28-26-11-6-9-17(10-12-26)21-15-25-22-19(21)13-18(14-20(22)23(24)27)16-7-4-3-5-8-16/h3-5,7-8,13-15,17,25H,2,6,9-12H2,1H3,(H2,24,27). The Balaban J connectivity index is 1.75. The molecule has 2 heterocycles. The van der Waals surface area contributed by atoms with Crippen LogP contribution in [0.3, 0.4) is 0 Å². The maximum absolute atomic E-state index is 12.1. The van der Waals surface area contributed by atoms with Crippen molar-refractivity contribution in [2.45, 2.75) is 32.1 Å². The fourth-order valence-corrected chi connectivity index (χ4v) is 5.13. The molecule has 4 rings (SSSR count). The minimum atomic E-state index is -0.387. The van der Waals surface area contributed by atoms with E-state index < -0.39 is 0 Å². The van der Waals surface area contributed by atoms with Crippen molar-refractivity contribution in [1.29, 1.82) is 0 Å². The number of hydrogen-bond acceptors (Lipinski definition) is 3. The number of H-pyrrole nitrogens is 1. The molecule has 2 aromatic carbocycles. The Kier molecular flexibility index (Phi) is 5.74. The van der Waals surface area contributed by atoms with Gasteiger partial charge in [-0.2, -0.15) is 0 Å². The van der Waals surface area contributed by atoms with E-state index in [9.17, 15) is 4.79 Å². The number of carbonyl (C=O) groups is 1. The Morgan fingerprint density at radius 1 is 1.18 bits per heavy atom. The number of nitrogens with one attached hydrogen (secondary N) is 1. The van der Waals surface area contributed by atoms with Crippen LogP contribution in [0.15, 0.2) is 48.7 Å². The first-order valence-electron chi connectivity index (χ1n) is 10.1. The predicted octanol–water partition coefficient (Wildman–Crippen LogP) is 5.17. The lowest BCUT2D eigenvalue weighted by atomic mass is 9.90. The third-order valence-electron chi connectivity index (χ3n) is 5.63. The molecule has 1 fully saturated rings. The molecule has 5 heteroatoms. The molecule has 0 bridgehead atoms. The van der Waals surface area contributed by atoms with Gasteiger partial charge in [0.1, 0.15) is 0 Å². The average molecular weight is 394 g/mol. The molecular formula is C23H27N3OS. The van der Waals surface area contributed by atoms with E-state index in [1.54, 1.807) is 0 Å². The molecule has 28 heavy (non-hydrogen) atoms. The third-order valence-corrected chi connectivity index (χ3v) is 6.62. The van der Waals surface area contributed by atoms with Crippen LogP contribution >= 0.6 is 11.9 Å². The maximum Gasteiger partial charge on any atom is 0.250 e. The zero-order valence-corrected chi connectivity index (χ0v) is 17.1. The molecule has 0 aliphatic carbocycles. The molecule has 1 aliphatic rings. The fraction of sp³-hybridized carbons (Fsp3) is 0.348. The molecular weight excluding hydrogens is 366 g/mol. The molecule has 0 spiro atoms. The van der Waals surface area contributed by atoms with E-state index in [-0.39, 0.29) is 5.91 Å². The van der Waals surface area contributed by atoms with Crippen LogP contribution in [0, 0.1) is 0 Å². The number of aromatic amines is 1. The summed E-state index contributed by atoms with van der Waals surface area (Å²) < 4.78 is 2.50.